The number of hydrogen-bond donors (Lipinski definition) is 1. The number of alkyl halides is 3. The van der Waals surface area contributed by atoms with E-state index in [0.29, 0.717) is 0 Å². The Labute approximate surface area is 116 Å². The second-order valence-electron chi connectivity index (χ2n) is 3.92. The number of halogens is 4. The minimum absolute atomic E-state index is 0.172. The SMILES string of the molecule is O=C(O)c1ccc(-c2cccc(C(F)(F)F)c2)nc1Cl. The maximum Gasteiger partial charge on any atom is 0.416 e. The second-order valence-corrected chi connectivity index (χ2v) is 4.28. The average molecular weight is 302 g/mol. The molecule has 0 radical (unpaired) electrons. The normalized spacial score (nSPS) is 11.4. The van der Waals surface area contributed by atoms with Gasteiger partial charge in [0.15, 0.2) is 0 Å². The number of nitrogens with zero attached hydrogens (tertiary/aromatic N) is 1. The van der Waals surface area contributed by atoms with Gasteiger partial charge in [-0.2, -0.15) is 13.2 Å². The summed E-state index contributed by atoms with van der Waals surface area (Å²) < 4.78 is 37.8. The van der Waals surface area contributed by atoms with Crippen molar-refractivity contribution in [1.29, 1.82) is 0 Å². The van der Waals surface area contributed by atoms with Crippen LogP contribution in [-0.4, -0.2) is 16.1 Å². The number of pyridine rings is 1. The molecule has 2 aromatic rings. The van der Waals surface area contributed by atoms with Crippen LogP contribution < -0.4 is 0 Å². The molecule has 1 N–H and O–H groups in total. The highest BCUT2D eigenvalue weighted by atomic mass is 35.5. The number of carbonyl (C=O) groups is 1. The summed E-state index contributed by atoms with van der Waals surface area (Å²) in [4.78, 5) is 14.6. The molecule has 0 saturated carbocycles. The van der Waals surface area contributed by atoms with Gasteiger partial charge in [-0.1, -0.05) is 23.7 Å². The highest BCUT2D eigenvalue weighted by Crippen LogP contribution is 2.32. The topological polar surface area (TPSA) is 50.2 Å². The van der Waals surface area contributed by atoms with Crippen LogP contribution in [0.3, 0.4) is 0 Å². The summed E-state index contributed by atoms with van der Waals surface area (Å²) in [6, 6.07) is 7.07. The zero-order valence-electron chi connectivity index (χ0n) is 9.78. The number of aromatic nitrogens is 1. The standard InChI is InChI=1S/C13H7ClF3NO2/c14-11-9(12(19)20)4-5-10(18-11)7-2-1-3-8(6-7)13(15,16)17/h1-6H,(H,19,20). The first-order valence-corrected chi connectivity index (χ1v) is 5.74. The summed E-state index contributed by atoms with van der Waals surface area (Å²) in [5, 5.41) is 8.53. The molecule has 0 amide bonds. The maximum absolute atomic E-state index is 12.6. The van der Waals surface area contributed by atoms with Gasteiger partial charge in [-0.05, 0) is 24.3 Å². The van der Waals surface area contributed by atoms with Crippen LogP contribution in [-0.2, 0) is 6.18 Å². The van der Waals surface area contributed by atoms with E-state index in [-0.39, 0.29) is 22.0 Å². The summed E-state index contributed by atoms with van der Waals surface area (Å²) in [7, 11) is 0. The van der Waals surface area contributed by atoms with Gasteiger partial charge in [0.25, 0.3) is 0 Å². The Kier molecular flexibility index (Phi) is 3.67. The third kappa shape index (κ3) is 2.91. The van der Waals surface area contributed by atoms with Gasteiger partial charge in [-0.3, -0.25) is 0 Å². The van der Waals surface area contributed by atoms with Gasteiger partial charge in [0.05, 0.1) is 16.8 Å². The number of aromatic carboxylic acids is 1. The Morgan fingerprint density at radius 3 is 2.45 bits per heavy atom. The molecule has 7 heteroatoms. The lowest BCUT2D eigenvalue weighted by molar-refractivity contribution is -0.137. The maximum atomic E-state index is 12.6. The molecule has 0 aliphatic heterocycles. The van der Waals surface area contributed by atoms with Crippen molar-refractivity contribution in [3.05, 3.63) is 52.7 Å². The van der Waals surface area contributed by atoms with E-state index < -0.39 is 17.7 Å². The van der Waals surface area contributed by atoms with Crippen molar-refractivity contribution in [3.63, 3.8) is 0 Å². The van der Waals surface area contributed by atoms with E-state index in [9.17, 15) is 18.0 Å². The average Bonchev–Trinajstić information content (AvgIpc) is 2.37. The molecule has 0 atom stereocenters. The van der Waals surface area contributed by atoms with Gasteiger partial charge in [0.1, 0.15) is 5.15 Å². The van der Waals surface area contributed by atoms with Gasteiger partial charge < -0.3 is 5.11 Å². The van der Waals surface area contributed by atoms with E-state index in [4.69, 9.17) is 16.7 Å². The van der Waals surface area contributed by atoms with Crippen molar-refractivity contribution in [2.75, 3.05) is 0 Å². The molecule has 20 heavy (non-hydrogen) atoms. The van der Waals surface area contributed by atoms with E-state index in [2.05, 4.69) is 4.98 Å². The molecule has 1 heterocycles. The van der Waals surface area contributed by atoms with Crippen LogP contribution in [0.1, 0.15) is 15.9 Å². The van der Waals surface area contributed by atoms with Gasteiger partial charge in [-0.25, -0.2) is 9.78 Å². The minimum atomic E-state index is -4.46. The Bertz CT molecular complexity index is 671. The highest BCUT2D eigenvalue weighted by molar-refractivity contribution is 6.32. The molecule has 3 nitrogen and oxygen atoms in total. The Morgan fingerprint density at radius 1 is 1.20 bits per heavy atom. The minimum Gasteiger partial charge on any atom is -0.478 e. The first kappa shape index (κ1) is 14.3. The van der Waals surface area contributed by atoms with Crippen molar-refractivity contribution < 1.29 is 23.1 Å². The number of rotatable bonds is 2. The molecule has 0 spiro atoms. The first-order chi connectivity index (χ1) is 9.29. The number of carboxylic acid groups (broad SMARTS) is 1. The van der Waals surface area contributed by atoms with Crippen LogP contribution in [0.15, 0.2) is 36.4 Å². The van der Waals surface area contributed by atoms with Gasteiger partial charge in [-0.15, -0.1) is 0 Å². The van der Waals surface area contributed by atoms with Crippen molar-refractivity contribution in [2.45, 2.75) is 6.18 Å². The van der Waals surface area contributed by atoms with E-state index in [1.54, 1.807) is 0 Å². The second kappa shape index (κ2) is 5.13. The van der Waals surface area contributed by atoms with Crippen LogP contribution in [0.25, 0.3) is 11.3 Å². The van der Waals surface area contributed by atoms with Gasteiger partial charge >= 0.3 is 12.1 Å². The molecule has 0 fully saturated rings. The van der Waals surface area contributed by atoms with Crippen LogP contribution in [0.2, 0.25) is 5.15 Å². The van der Waals surface area contributed by atoms with Crippen molar-refractivity contribution in [2.24, 2.45) is 0 Å². The van der Waals surface area contributed by atoms with Crippen LogP contribution >= 0.6 is 11.6 Å². The smallest absolute Gasteiger partial charge is 0.416 e. The highest BCUT2D eigenvalue weighted by Gasteiger charge is 2.30. The van der Waals surface area contributed by atoms with Crippen molar-refractivity contribution in [3.8, 4) is 11.3 Å². The summed E-state index contributed by atoms with van der Waals surface area (Å²) in [6.07, 6.45) is -4.46. The Morgan fingerprint density at radius 2 is 1.90 bits per heavy atom. The Balaban J connectivity index is 2.47. The lowest BCUT2D eigenvalue weighted by atomic mass is 10.1. The van der Waals surface area contributed by atoms with E-state index in [1.165, 1.54) is 24.3 Å². The van der Waals surface area contributed by atoms with Crippen LogP contribution in [0.5, 0.6) is 0 Å². The lowest BCUT2D eigenvalue weighted by Crippen LogP contribution is -2.05. The largest absolute Gasteiger partial charge is 0.478 e. The van der Waals surface area contributed by atoms with E-state index in [0.717, 1.165) is 12.1 Å². The molecule has 1 aromatic heterocycles. The number of carboxylic acids is 1. The Hall–Kier alpha value is -2.08. The van der Waals surface area contributed by atoms with Crippen molar-refractivity contribution in [1.82, 2.24) is 4.98 Å². The summed E-state index contributed by atoms with van der Waals surface area (Å²) in [5.41, 5.74) is -0.637. The molecule has 2 rings (SSSR count). The zero-order valence-corrected chi connectivity index (χ0v) is 10.5. The predicted molar refractivity (Wildman–Crippen MR) is 66.6 cm³/mol. The monoisotopic (exact) mass is 301 g/mol. The molecular weight excluding hydrogens is 295 g/mol. The molecule has 0 unspecified atom stereocenters. The fourth-order valence-electron chi connectivity index (χ4n) is 1.61. The molecule has 0 aliphatic carbocycles. The summed E-state index contributed by atoms with van der Waals surface area (Å²) in [6.45, 7) is 0. The molecule has 1 aromatic carbocycles. The van der Waals surface area contributed by atoms with E-state index in [1.807, 2.05) is 0 Å². The number of hydrogen-bond acceptors (Lipinski definition) is 2. The molecular formula is C13H7ClF3NO2. The first-order valence-electron chi connectivity index (χ1n) is 5.36. The van der Waals surface area contributed by atoms with Crippen LogP contribution in [0, 0.1) is 0 Å². The third-order valence-electron chi connectivity index (χ3n) is 2.56. The summed E-state index contributed by atoms with van der Waals surface area (Å²) >= 11 is 5.69. The van der Waals surface area contributed by atoms with Crippen LogP contribution in [0.4, 0.5) is 13.2 Å². The summed E-state index contributed by atoms with van der Waals surface area (Å²) in [5.74, 6) is -1.25. The fourth-order valence-corrected chi connectivity index (χ4v) is 1.84. The third-order valence-corrected chi connectivity index (χ3v) is 2.85. The lowest BCUT2D eigenvalue weighted by Gasteiger charge is -2.09. The van der Waals surface area contributed by atoms with E-state index >= 15 is 0 Å². The van der Waals surface area contributed by atoms with Gasteiger partial charge in [0, 0.05) is 5.56 Å². The number of benzene rings is 1. The quantitative estimate of drug-likeness (QED) is 0.849. The zero-order chi connectivity index (χ0) is 14.9. The molecule has 104 valence electrons. The predicted octanol–water partition coefficient (Wildman–Crippen LogP) is 4.12. The molecule has 0 saturated heterocycles. The molecule has 0 bridgehead atoms. The van der Waals surface area contributed by atoms with Gasteiger partial charge in [0.2, 0.25) is 0 Å². The van der Waals surface area contributed by atoms with Crippen molar-refractivity contribution >= 4 is 17.6 Å². The molecule has 0 aliphatic rings. The fraction of sp³-hybridized carbons (Fsp3) is 0.0769.